The lowest BCUT2D eigenvalue weighted by atomic mass is 9.84. The van der Waals surface area contributed by atoms with Crippen LogP contribution < -0.4 is 15.6 Å². The maximum Gasteiger partial charge on any atom is 0.324 e. The largest absolute Gasteiger partial charge is 0.464 e. The van der Waals surface area contributed by atoms with Crippen LogP contribution in [0.4, 0.5) is 5.69 Å². The molecular formula is C44H70N10O5S5. The first-order chi connectivity index (χ1) is 28.2. The second-order valence-electron chi connectivity index (χ2n) is 17.9. The van der Waals surface area contributed by atoms with Crippen molar-refractivity contribution < 1.29 is 23.9 Å². The number of carbonyl (C=O) groups excluding carboxylic acids is 3. The van der Waals surface area contributed by atoms with Gasteiger partial charge in [-0.2, -0.15) is 72.6 Å². The number of likely N-dealkylation sites (N-methyl/N-ethyl adjacent to an activating group) is 1. The molecule has 2 amide bonds. The van der Waals surface area contributed by atoms with Crippen LogP contribution >= 0.6 is 67.5 Å². The quantitative estimate of drug-likeness (QED) is 0.245. The standard InChI is InChI=1S/C44H60N10O5.5H2S/c1-9-53-36-13-12-28-20-31(36)33(39(53)32-21-29(24-45-38(32)27(3)58-8)52-17-15-50(6)16-18-52)23-44(4,5)25-59-43(57)34-11-10-14-54(48-34)42(56)35(46-41(55)30-19-26(30)2)22-37-47-40(28)51(7)49-37;;;;;/h12-13,20-21,24,26-27,30,34-35,48H,9-11,14-19,22-23,25H2,1-8H3,(H,46,55);5*1H2/t26-,27-,30-,34-,35-;;;;;/m0...../s1. The maximum absolute atomic E-state index is 14.2. The molecule has 0 spiro atoms. The molecule has 3 fully saturated rings. The third-order valence-electron chi connectivity index (χ3n) is 12.8. The Kier molecular flexibility index (Phi) is 19.5. The molecule has 2 saturated heterocycles. The molecule has 3 aromatic heterocycles. The summed E-state index contributed by atoms with van der Waals surface area (Å²) in [6.07, 6.45) is 4.34. The zero-order chi connectivity index (χ0) is 41.7. The number of anilines is 1. The SMILES string of the molecule is CCn1c(-c2cc(N3CCN(C)CC3)cnc2[C@H](C)OC)c2c3cc(ccc31)-c1nc(nn1C)C[C@H](NC(=O)[C@H]1C[C@@H]1C)C(=O)N1CCC[C@H](N1)C(=O)OCC(C)(C)C2.S.S.S.S.S. The van der Waals surface area contributed by atoms with E-state index in [9.17, 15) is 14.4 Å². The molecule has 8 rings (SSSR count). The molecule has 356 valence electrons. The molecular weight excluding hydrogens is 909 g/mol. The first-order valence-corrected chi connectivity index (χ1v) is 21.3. The van der Waals surface area contributed by atoms with Crippen molar-refractivity contribution in [1.29, 1.82) is 0 Å². The van der Waals surface area contributed by atoms with E-state index in [1.54, 1.807) is 11.8 Å². The van der Waals surface area contributed by atoms with E-state index < -0.39 is 23.5 Å². The Balaban J connectivity index is 0.00000218. The van der Waals surface area contributed by atoms with Crippen molar-refractivity contribution >= 4 is 102 Å². The summed E-state index contributed by atoms with van der Waals surface area (Å²) in [4.78, 5) is 56.2. The average molecular weight is 979 g/mol. The molecule has 5 atom stereocenters. The lowest BCUT2D eigenvalue weighted by molar-refractivity contribution is -0.155. The number of fused-ring (bicyclic) bond motifs is 6. The second-order valence-corrected chi connectivity index (χ2v) is 17.9. The Morgan fingerprint density at radius 3 is 2.41 bits per heavy atom. The number of piperazine rings is 1. The lowest BCUT2D eigenvalue weighted by Gasteiger charge is -2.35. The topological polar surface area (TPSA) is 152 Å². The number of ether oxygens (including phenoxy) is 2. The average Bonchev–Trinajstić information content (AvgIpc) is 3.75. The van der Waals surface area contributed by atoms with E-state index in [1.165, 1.54) is 5.01 Å². The molecule has 2 N–H and O–H groups in total. The number of hydrazine groups is 1. The number of nitrogens with one attached hydrogen (secondary N) is 2. The molecule has 4 aliphatic rings. The van der Waals surface area contributed by atoms with Crippen LogP contribution in [0.2, 0.25) is 0 Å². The molecule has 64 heavy (non-hydrogen) atoms. The number of carbonyl (C=O) groups is 3. The van der Waals surface area contributed by atoms with Crippen LogP contribution in [0.15, 0.2) is 30.5 Å². The number of cyclic esters (lactones) is 1. The highest BCUT2D eigenvalue weighted by molar-refractivity contribution is 7.60. The van der Waals surface area contributed by atoms with E-state index >= 15 is 0 Å². The molecule has 3 aliphatic heterocycles. The van der Waals surface area contributed by atoms with Gasteiger partial charge in [-0.15, -0.1) is 0 Å². The molecule has 6 bridgehead atoms. The summed E-state index contributed by atoms with van der Waals surface area (Å²) in [5, 5.41) is 10.3. The van der Waals surface area contributed by atoms with Crippen molar-refractivity contribution in [2.45, 2.75) is 91.5 Å². The van der Waals surface area contributed by atoms with Gasteiger partial charge in [-0.25, -0.2) is 15.1 Å². The number of amides is 2. The fourth-order valence-electron chi connectivity index (χ4n) is 9.03. The van der Waals surface area contributed by atoms with Gasteiger partial charge in [0.1, 0.15) is 12.1 Å². The fraction of sp³-hybridized carbons (Fsp3) is 0.591. The number of pyridine rings is 1. The van der Waals surface area contributed by atoms with Gasteiger partial charge in [-0.3, -0.25) is 24.4 Å². The van der Waals surface area contributed by atoms with Crippen LogP contribution in [0.1, 0.15) is 77.1 Å². The molecule has 0 radical (unpaired) electrons. The number of hydrogen-bond acceptors (Lipinski definition) is 11. The van der Waals surface area contributed by atoms with Gasteiger partial charge in [-0.1, -0.05) is 20.8 Å². The Morgan fingerprint density at radius 2 is 1.75 bits per heavy atom. The molecule has 1 aromatic carbocycles. The molecule has 15 nitrogen and oxygen atoms in total. The second kappa shape index (κ2) is 22.6. The number of methoxy groups -OCH3 is 1. The predicted octanol–water partition coefficient (Wildman–Crippen LogP) is 4.85. The Labute approximate surface area is 412 Å². The minimum absolute atomic E-state index is 0. The highest BCUT2D eigenvalue weighted by Gasteiger charge is 2.42. The van der Waals surface area contributed by atoms with Gasteiger partial charge in [0.2, 0.25) is 5.91 Å². The summed E-state index contributed by atoms with van der Waals surface area (Å²) in [7, 11) is 5.74. The predicted molar refractivity (Wildman–Crippen MR) is 277 cm³/mol. The summed E-state index contributed by atoms with van der Waals surface area (Å²) in [5.74, 6) is 0.374. The van der Waals surface area contributed by atoms with E-state index in [1.807, 2.05) is 27.1 Å². The Bertz CT molecular complexity index is 2260. The summed E-state index contributed by atoms with van der Waals surface area (Å²) < 4.78 is 16.2. The molecule has 1 aliphatic carbocycles. The third kappa shape index (κ3) is 11.3. The van der Waals surface area contributed by atoms with Crippen molar-refractivity contribution in [3.05, 3.63) is 47.5 Å². The number of aryl methyl sites for hydroxylation is 2. The summed E-state index contributed by atoms with van der Waals surface area (Å²) in [6, 6.07) is 7.09. The van der Waals surface area contributed by atoms with Crippen molar-refractivity contribution in [2.75, 3.05) is 58.4 Å². The van der Waals surface area contributed by atoms with Gasteiger partial charge < -0.3 is 29.2 Å². The number of esters is 1. The van der Waals surface area contributed by atoms with Gasteiger partial charge >= 0.3 is 5.97 Å². The summed E-state index contributed by atoms with van der Waals surface area (Å²) >= 11 is 0. The number of aromatic nitrogens is 5. The van der Waals surface area contributed by atoms with Gasteiger partial charge in [-0.05, 0) is 82.3 Å². The lowest BCUT2D eigenvalue weighted by Crippen LogP contribution is -2.60. The van der Waals surface area contributed by atoms with E-state index in [0.717, 1.165) is 77.3 Å². The van der Waals surface area contributed by atoms with Crippen molar-refractivity contribution in [1.82, 2.24) is 45.0 Å². The minimum Gasteiger partial charge on any atom is -0.464 e. The zero-order valence-electron chi connectivity index (χ0n) is 38.4. The van der Waals surface area contributed by atoms with Crippen LogP contribution in [-0.2, 0) is 50.3 Å². The third-order valence-corrected chi connectivity index (χ3v) is 12.8. The monoisotopic (exact) mass is 978 g/mol. The van der Waals surface area contributed by atoms with Gasteiger partial charge in [0.25, 0.3) is 5.91 Å². The molecule has 4 aromatic rings. The Morgan fingerprint density at radius 1 is 1.05 bits per heavy atom. The molecule has 6 heterocycles. The maximum atomic E-state index is 14.2. The van der Waals surface area contributed by atoms with Crippen molar-refractivity contribution in [3.63, 3.8) is 0 Å². The fourth-order valence-corrected chi connectivity index (χ4v) is 9.03. The number of benzene rings is 1. The number of hydrogen-bond donors (Lipinski definition) is 2. The van der Waals surface area contributed by atoms with E-state index in [-0.39, 0.29) is 110 Å². The van der Waals surface area contributed by atoms with Crippen LogP contribution in [0.3, 0.4) is 0 Å². The molecule has 1 saturated carbocycles. The Hall–Kier alpha value is -3.11. The normalized spacial score (nSPS) is 22.6. The summed E-state index contributed by atoms with van der Waals surface area (Å²) in [5.41, 5.74) is 9.76. The van der Waals surface area contributed by atoms with Crippen LogP contribution in [0.25, 0.3) is 33.5 Å². The highest BCUT2D eigenvalue weighted by atomic mass is 32.1. The van der Waals surface area contributed by atoms with E-state index in [2.05, 4.69) is 77.2 Å². The number of nitrogens with zero attached hydrogens (tertiary/aromatic N) is 8. The van der Waals surface area contributed by atoms with Gasteiger partial charge in [0.05, 0.1) is 36.0 Å². The smallest absolute Gasteiger partial charge is 0.324 e. The highest BCUT2D eigenvalue weighted by Crippen LogP contribution is 2.43. The summed E-state index contributed by atoms with van der Waals surface area (Å²) in [6.45, 7) is 15.6. The van der Waals surface area contributed by atoms with Crippen molar-refractivity contribution in [3.8, 4) is 22.6 Å². The first kappa shape index (κ1) is 55.2. The first-order valence-electron chi connectivity index (χ1n) is 21.3. The van der Waals surface area contributed by atoms with Gasteiger partial charge in [0.15, 0.2) is 11.6 Å². The van der Waals surface area contributed by atoms with Crippen molar-refractivity contribution in [2.24, 2.45) is 24.3 Å². The van der Waals surface area contributed by atoms with Gasteiger partial charge in [0, 0.05) is 93.2 Å². The van der Waals surface area contributed by atoms with E-state index in [4.69, 9.17) is 24.5 Å². The zero-order valence-corrected chi connectivity index (χ0v) is 43.4. The molecule has 0 unspecified atom stereocenters. The van der Waals surface area contributed by atoms with Crippen LogP contribution in [0, 0.1) is 17.3 Å². The van der Waals surface area contributed by atoms with Crippen LogP contribution in [0.5, 0.6) is 0 Å². The molecule has 20 heteroatoms. The van der Waals surface area contributed by atoms with Crippen LogP contribution in [-0.4, -0.2) is 118 Å². The minimum atomic E-state index is -0.917. The number of rotatable bonds is 7. The van der Waals surface area contributed by atoms with E-state index in [0.29, 0.717) is 44.0 Å².